The Kier molecular flexibility index (Phi) is 7.88. The Hall–Kier alpha value is -1.90. The van der Waals surface area contributed by atoms with E-state index in [2.05, 4.69) is 34.2 Å². The number of nitrogens with zero attached hydrogens (tertiary/aromatic N) is 3. The summed E-state index contributed by atoms with van der Waals surface area (Å²) in [6.45, 7) is 8.35. The Morgan fingerprint density at radius 3 is 2.82 bits per heavy atom. The number of rotatable bonds is 8. The van der Waals surface area contributed by atoms with Crippen molar-refractivity contribution in [3.63, 3.8) is 0 Å². The molecule has 0 saturated carbocycles. The van der Waals surface area contributed by atoms with Crippen LogP contribution in [0.2, 0.25) is 0 Å². The molecule has 0 aromatic heterocycles. The first kappa shape index (κ1) is 20.8. The first-order chi connectivity index (χ1) is 13.7. The van der Waals surface area contributed by atoms with Gasteiger partial charge in [-0.05, 0) is 81.9 Å². The van der Waals surface area contributed by atoms with Gasteiger partial charge in [-0.3, -0.25) is 14.6 Å². The van der Waals surface area contributed by atoms with Crippen molar-refractivity contribution >= 4 is 5.91 Å². The Labute approximate surface area is 169 Å². The van der Waals surface area contributed by atoms with Crippen molar-refractivity contribution in [2.75, 3.05) is 32.7 Å². The predicted molar refractivity (Wildman–Crippen MR) is 112 cm³/mol. The molecule has 2 aliphatic rings. The van der Waals surface area contributed by atoms with E-state index in [9.17, 15) is 4.79 Å². The number of hydrogen-bond acceptors (Lipinski definition) is 4. The molecule has 1 N–H and O–H groups in total. The number of nitrogens with one attached hydrogen (secondary N) is 1. The maximum atomic E-state index is 12.2. The van der Waals surface area contributed by atoms with Crippen molar-refractivity contribution in [1.29, 1.82) is 5.26 Å². The summed E-state index contributed by atoms with van der Waals surface area (Å²) in [5.74, 6) is 0.879. The van der Waals surface area contributed by atoms with Gasteiger partial charge in [-0.2, -0.15) is 5.26 Å². The first-order valence-electron chi connectivity index (χ1n) is 10.9. The molecule has 0 radical (unpaired) electrons. The van der Waals surface area contributed by atoms with Crippen LogP contribution in [0.1, 0.15) is 56.6 Å². The van der Waals surface area contributed by atoms with E-state index in [0.29, 0.717) is 18.4 Å². The smallest absolute Gasteiger partial charge is 0.220 e. The summed E-state index contributed by atoms with van der Waals surface area (Å²) in [5, 5.41) is 12.2. The molecule has 2 saturated heterocycles. The normalized spacial score (nSPS) is 21.5. The predicted octanol–water partition coefficient (Wildman–Crippen LogP) is 3.15. The zero-order chi connectivity index (χ0) is 19.8. The highest BCUT2D eigenvalue weighted by Crippen LogP contribution is 2.23. The van der Waals surface area contributed by atoms with Gasteiger partial charge in [0.15, 0.2) is 0 Å². The number of carbonyl (C=O) groups is 1. The monoisotopic (exact) mass is 382 g/mol. The number of nitriles is 1. The molecule has 2 fully saturated rings. The minimum atomic E-state index is 0.221. The molecule has 1 atom stereocenters. The van der Waals surface area contributed by atoms with Crippen LogP contribution in [0, 0.1) is 17.2 Å². The topological polar surface area (TPSA) is 59.4 Å². The standard InChI is InChI=1S/C23H34N4O/c1-2-27-12-4-7-22(27)17-25-23(28)9-8-19-10-13-26(14-11-19)18-21-6-3-5-20(15-21)16-24/h3,5-6,15,19,22H,2,4,7-14,17-18H2,1H3,(H,25,28). The highest BCUT2D eigenvalue weighted by Gasteiger charge is 2.24. The van der Waals surface area contributed by atoms with Crippen LogP contribution in [0.5, 0.6) is 0 Å². The van der Waals surface area contributed by atoms with Crippen LogP contribution >= 0.6 is 0 Å². The minimum Gasteiger partial charge on any atom is -0.355 e. The van der Waals surface area contributed by atoms with Gasteiger partial charge in [0.1, 0.15) is 0 Å². The number of piperidine rings is 1. The molecule has 2 heterocycles. The molecule has 152 valence electrons. The van der Waals surface area contributed by atoms with E-state index in [1.165, 1.54) is 24.9 Å². The lowest BCUT2D eigenvalue weighted by Crippen LogP contribution is -2.40. The van der Waals surface area contributed by atoms with Gasteiger partial charge in [0.25, 0.3) is 0 Å². The van der Waals surface area contributed by atoms with Crippen LogP contribution in [-0.4, -0.2) is 54.5 Å². The van der Waals surface area contributed by atoms with E-state index in [-0.39, 0.29) is 5.91 Å². The molecule has 1 aromatic rings. The highest BCUT2D eigenvalue weighted by atomic mass is 16.1. The summed E-state index contributed by atoms with van der Waals surface area (Å²) in [6.07, 6.45) is 6.46. The average molecular weight is 383 g/mol. The molecule has 1 aromatic carbocycles. The van der Waals surface area contributed by atoms with Gasteiger partial charge in [-0.1, -0.05) is 19.1 Å². The molecular weight excluding hydrogens is 348 g/mol. The van der Waals surface area contributed by atoms with Gasteiger partial charge in [-0.25, -0.2) is 0 Å². The minimum absolute atomic E-state index is 0.221. The number of hydrogen-bond donors (Lipinski definition) is 1. The van der Waals surface area contributed by atoms with Gasteiger partial charge in [0, 0.05) is 25.6 Å². The maximum absolute atomic E-state index is 12.2. The number of carbonyl (C=O) groups excluding carboxylic acids is 1. The molecule has 5 nitrogen and oxygen atoms in total. The largest absolute Gasteiger partial charge is 0.355 e. The Bertz CT molecular complexity index is 675. The van der Waals surface area contributed by atoms with Crippen molar-refractivity contribution in [2.45, 2.75) is 58.0 Å². The molecule has 28 heavy (non-hydrogen) atoms. The Morgan fingerprint density at radius 2 is 2.07 bits per heavy atom. The van der Waals surface area contributed by atoms with Gasteiger partial charge < -0.3 is 5.32 Å². The number of amides is 1. The van der Waals surface area contributed by atoms with Gasteiger partial charge in [0.05, 0.1) is 11.6 Å². The van der Waals surface area contributed by atoms with E-state index in [1.807, 2.05) is 18.2 Å². The molecular formula is C23H34N4O. The van der Waals surface area contributed by atoms with E-state index < -0.39 is 0 Å². The second kappa shape index (κ2) is 10.6. The second-order valence-electron chi connectivity index (χ2n) is 8.30. The Morgan fingerprint density at radius 1 is 1.25 bits per heavy atom. The van der Waals surface area contributed by atoms with Crippen LogP contribution < -0.4 is 5.32 Å². The third-order valence-electron chi connectivity index (χ3n) is 6.39. The fourth-order valence-electron chi connectivity index (χ4n) is 4.63. The molecule has 1 amide bonds. The lowest BCUT2D eigenvalue weighted by molar-refractivity contribution is -0.121. The van der Waals surface area contributed by atoms with Crippen molar-refractivity contribution in [3.05, 3.63) is 35.4 Å². The van der Waals surface area contributed by atoms with Gasteiger partial charge in [-0.15, -0.1) is 0 Å². The second-order valence-corrected chi connectivity index (χ2v) is 8.30. The SMILES string of the molecule is CCN1CCCC1CNC(=O)CCC1CCN(Cc2cccc(C#N)c2)CC1. The summed E-state index contributed by atoms with van der Waals surface area (Å²) in [5.41, 5.74) is 1.95. The van der Waals surface area contributed by atoms with Crippen LogP contribution in [0.15, 0.2) is 24.3 Å². The molecule has 5 heteroatoms. The molecule has 2 aliphatic heterocycles. The fourth-order valence-corrected chi connectivity index (χ4v) is 4.63. The number of likely N-dealkylation sites (N-methyl/N-ethyl adjacent to an activating group) is 1. The zero-order valence-electron chi connectivity index (χ0n) is 17.2. The van der Waals surface area contributed by atoms with E-state index in [1.54, 1.807) is 0 Å². The lowest BCUT2D eigenvalue weighted by Gasteiger charge is -2.32. The first-order valence-corrected chi connectivity index (χ1v) is 10.9. The van der Waals surface area contributed by atoms with Crippen molar-refractivity contribution < 1.29 is 4.79 Å². The lowest BCUT2D eigenvalue weighted by atomic mass is 9.91. The summed E-state index contributed by atoms with van der Waals surface area (Å²) in [7, 11) is 0. The maximum Gasteiger partial charge on any atom is 0.220 e. The molecule has 1 unspecified atom stereocenters. The quantitative estimate of drug-likeness (QED) is 0.750. The van der Waals surface area contributed by atoms with Crippen LogP contribution in [0.4, 0.5) is 0 Å². The third-order valence-corrected chi connectivity index (χ3v) is 6.39. The molecule has 0 spiro atoms. The van der Waals surface area contributed by atoms with Crippen LogP contribution in [0.3, 0.4) is 0 Å². The van der Waals surface area contributed by atoms with Crippen LogP contribution in [0.25, 0.3) is 0 Å². The third kappa shape index (κ3) is 6.05. The van der Waals surface area contributed by atoms with E-state index in [0.717, 1.165) is 57.5 Å². The van der Waals surface area contributed by atoms with E-state index >= 15 is 0 Å². The molecule has 0 bridgehead atoms. The van der Waals surface area contributed by atoms with Crippen molar-refractivity contribution in [3.8, 4) is 6.07 Å². The van der Waals surface area contributed by atoms with Gasteiger partial charge >= 0.3 is 0 Å². The van der Waals surface area contributed by atoms with Crippen LogP contribution in [-0.2, 0) is 11.3 Å². The average Bonchev–Trinajstić information content (AvgIpc) is 3.19. The summed E-state index contributed by atoms with van der Waals surface area (Å²) in [6, 6.07) is 10.7. The summed E-state index contributed by atoms with van der Waals surface area (Å²) < 4.78 is 0. The number of benzene rings is 1. The molecule has 3 rings (SSSR count). The Balaban J connectivity index is 1.32. The zero-order valence-corrected chi connectivity index (χ0v) is 17.2. The van der Waals surface area contributed by atoms with Crippen molar-refractivity contribution in [1.82, 2.24) is 15.1 Å². The fraction of sp³-hybridized carbons (Fsp3) is 0.652. The summed E-state index contributed by atoms with van der Waals surface area (Å²) >= 11 is 0. The van der Waals surface area contributed by atoms with Gasteiger partial charge in [0.2, 0.25) is 5.91 Å². The summed E-state index contributed by atoms with van der Waals surface area (Å²) in [4.78, 5) is 17.2. The number of likely N-dealkylation sites (tertiary alicyclic amines) is 2. The highest BCUT2D eigenvalue weighted by molar-refractivity contribution is 5.75. The van der Waals surface area contributed by atoms with E-state index in [4.69, 9.17) is 5.26 Å². The molecule has 0 aliphatic carbocycles. The van der Waals surface area contributed by atoms with Crippen molar-refractivity contribution in [2.24, 2.45) is 5.92 Å².